The first kappa shape index (κ1) is 21.1. The monoisotopic (exact) mass is 382 g/mol. The van der Waals surface area contributed by atoms with Crippen LogP contribution in [0.5, 0.6) is 0 Å². The number of halogens is 2. The van der Waals surface area contributed by atoms with E-state index in [4.69, 9.17) is 5.26 Å². The third-order valence-corrected chi connectivity index (χ3v) is 6.61. The number of nitrogens with zero attached hydrogens (tertiary/aromatic N) is 3. The molecule has 0 unspecified atom stereocenters. The first-order valence-corrected chi connectivity index (χ1v) is 9.31. The summed E-state index contributed by atoms with van der Waals surface area (Å²) in [6.07, 6.45) is -0.458. The van der Waals surface area contributed by atoms with Crippen LogP contribution >= 0.6 is 12.4 Å². The Balaban J connectivity index is 0.00000288. The molecule has 0 aromatic carbocycles. The molecule has 0 saturated carbocycles. The number of hydrogen-bond acceptors (Lipinski definition) is 5. The van der Waals surface area contributed by atoms with Crippen molar-refractivity contribution in [3.63, 3.8) is 0 Å². The Bertz CT molecular complexity index is 595. The lowest BCUT2D eigenvalue weighted by atomic mass is 10.2. The Hall–Kier alpha value is -0.950. The zero-order valence-corrected chi connectivity index (χ0v) is 15.4. The number of rotatable bonds is 5. The van der Waals surface area contributed by atoms with E-state index < -0.39 is 27.5 Å². The molecular weight excluding hydrogens is 359 g/mol. The Kier molecular flexibility index (Phi) is 7.41. The van der Waals surface area contributed by atoms with Gasteiger partial charge in [-0.3, -0.25) is 4.79 Å². The fourth-order valence-corrected chi connectivity index (χ4v) is 4.28. The molecule has 138 valence electrons. The molecule has 1 amide bonds. The minimum absolute atomic E-state index is 0. The summed E-state index contributed by atoms with van der Waals surface area (Å²) in [7, 11) is -3.28. The minimum atomic E-state index is -3.28. The van der Waals surface area contributed by atoms with Crippen molar-refractivity contribution in [2.45, 2.75) is 50.2 Å². The van der Waals surface area contributed by atoms with Crippen molar-refractivity contribution >= 4 is 28.3 Å². The van der Waals surface area contributed by atoms with Crippen LogP contribution in [-0.2, 0) is 14.8 Å². The summed E-state index contributed by atoms with van der Waals surface area (Å²) in [4.78, 5) is 13.4. The quantitative estimate of drug-likeness (QED) is 0.736. The van der Waals surface area contributed by atoms with Gasteiger partial charge in [0.2, 0.25) is 15.9 Å². The molecular formula is C14H24ClFN4O3S. The van der Waals surface area contributed by atoms with E-state index in [-0.39, 0.29) is 43.9 Å². The number of likely N-dealkylation sites (tertiary alicyclic amines) is 1. The fraction of sp³-hybridized carbons (Fsp3) is 0.857. The number of amides is 1. The first-order chi connectivity index (χ1) is 10.8. The molecule has 3 atom stereocenters. The summed E-state index contributed by atoms with van der Waals surface area (Å²) < 4.78 is 38.9. The zero-order valence-electron chi connectivity index (χ0n) is 13.8. The van der Waals surface area contributed by atoms with Gasteiger partial charge in [0.25, 0.3) is 0 Å². The van der Waals surface area contributed by atoms with Crippen molar-refractivity contribution in [1.82, 2.24) is 14.5 Å². The van der Waals surface area contributed by atoms with Crippen LogP contribution in [0.4, 0.5) is 4.39 Å². The van der Waals surface area contributed by atoms with E-state index in [1.807, 2.05) is 6.07 Å². The summed E-state index contributed by atoms with van der Waals surface area (Å²) in [5.41, 5.74) is 0. The first-order valence-electron chi connectivity index (χ1n) is 7.81. The molecule has 2 aliphatic rings. The van der Waals surface area contributed by atoms with Crippen LogP contribution in [0.25, 0.3) is 0 Å². The molecule has 2 aliphatic heterocycles. The Morgan fingerprint density at radius 1 is 1.42 bits per heavy atom. The van der Waals surface area contributed by atoms with Gasteiger partial charge in [0.05, 0.1) is 24.4 Å². The molecule has 0 aromatic rings. The molecule has 2 rings (SSSR count). The van der Waals surface area contributed by atoms with Crippen molar-refractivity contribution in [2.24, 2.45) is 0 Å². The summed E-state index contributed by atoms with van der Waals surface area (Å²) in [5, 5.41) is 11.5. The molecule has 10 heteroatoms. The predicted octanol–water partition coefficient (Wildman–Crippen LogP) is 0.273. The van der Waals surface area contributed by atoms with Crippen molar-refractivity contribution in [1.29, 1.82) is 5.26 Å². The molecule has 24 heavy (non-hydrogen) atoms. The molecule has 7 nitrogen and oxygen atoms in total. The van der Waals surface area contributed by atoms with Crippen LogP contribution in [0.1, 0.15) is 26.7 Å². The highest BCUT2D eigenvalue weighted by atomic mass is 35.5. The fourth-order valence-electron chi connectivity index (χ4n) is 2.94. The number of nitrogens with one attached hydrogen (secondary N) is 1. The molecule has 2 fully saturated rings. The van der Waals surface area contributed by atoms with Crippen LogP contribution in [-0.4, -0.2) is 73.2 Å². The lowest BCUT2D eigenvalue weighted by Gasteiger charge is -2.21. The number of sulfonamides is 1. The maximum Gasteiger partial charge on any atom is 0.237 e. The Morgan fingerprint density at radius 3 is 2.67 bits per heavy atom. The van der Waals surface area contributed by atoms with Crippen molar-refractivity contribution < 1.29 is 17.6 Å². The van der Waals surface area contributed by atoms with E-state index in [9.17, 15) is 17.6 Å². The van der Waals surface area contributed by atoms with Crippen molar-refractivity contribution in [2.75, 3.05) is 26.2 Å². The highest BCUT2D eigenvalue weighted by Crippen LogP contribution is 2.20. The van der Waals surface area contributed by atoms with Gasteiger partial charge in [0.15, 0.2) is 0 Å². The van der Waals surface area contributed by atoms with Crippen molar-refractivity contribution in [3.8, 4) is 6.07 Å². The average Bonchev–Trinajstić information content (AvgIpc) is 3.11. The molecule has 0 bridgehead atoms. The third-order valence-electron chi connectivity index (χ3n) is 4.37. The molecule has 0 aliphatic carbocycles. The number of hydrogen-bond donors (Lipinski definition) is 1. The van der Waals surface area contributed by atoms with Gasteiger partial charge in [-0.05, 0) is 20.3 Å². The topological polar surface area (TPSA) is 93.5 Å². The SMILES string of the molecule is CC(C)S(=O)(=O)N1CC[C@@H](NCC(=O)N2C[C@@H](F)C[C@H]2C#N)C1.Cl. The highest BCUT2D eigenvalue weighted by Gasteiger charge is 2.36. The third kappa shape index (κ3) is 4.57. The van der Waals surface area contributed by atoms with Gasteiger partial charge in [-0.2, -0.15) is 5.26 Å². The second-order valence-corrected chi connectivity index (χ2v) is 8.83. The maximum atomic E-state index is 13.3. The second-order valence-electron chi connectivity index (χ2n) is 6.34. The summed E-state index contributed by atoms with van der Waals surface area (Å²) >= 11 is 0. The zero-order chi connectivity index (χ0) is 17.2. The van der Waals surface area contributed by atoms with E-state index >= 15 is 0 Å². The summed E-state index contributed by atoms with van der Waals surface area (Å²) in [6.45, 7) is 4.00. The Morgan fingerprint density at radius 2 is 2.08 bits per heavy atom. The molecule has 2 saturated heterocycles. The lowest BCUT2D eigenvalue weighted by molar-refractivity contribution is -0.130. The van der Waals surface area contributed by atoms with E-state index in [0.29, 0.717) is 19.5 Å². The van der Waals surface area contributed by atoms with Gasteiger partial charge < -0.3 is 10.2 Å². The van der Waals surface area contributed by atoms with Gasteiger partial charge in [0.1, 0.15) is 12.2 Å². The Labute approximate surface area is 148 Å². The molecule has 2 heterocycles. The predicted molar refractivity (Wildman–Crippen MR) is 89.9 cm³/mol. The summed E-state index contributed by atoms with van der Waals surface area (Å²) in [5.74, 6) is -0.318. The van der Waals surface area contributed by atoms with Gasteiger partial charge in [-0.1, -0.05) is 0 Å². The van der Waals surface area contributed by atoms with Gasteiger partial charge >= 0.3 is 0 Å². The normalized spacial score (nSPS) is 28.0. The van der Waals surface area contributed by atoms with Gasteiger partial charge in [0, 0.05) is 25.6 Å². The van der Waals surface area contributed by atoms with Crippen LogP contribution in [0.3, 0.4) is 0 Å². The number of nitriles is 1. The van der Waals surface area contributed by atoms with E-state index in [1.165, 1.54) is 9.21 Å². The number of carbonyl (C=O) groups excluding carboxylic acids is 1. The van der Waals surface area contributed by atoms with E-state index in [1.54, 1.807) is 13.8 Å². The lowest BCUT2D eigenvalue weighted by Crippen LogP contribution is -2.45. The molecule has 0 spiro atoms. The molecule has 0 aromatic heterocycles. The van der Waals surface area contributed by atoms with Crippen molar-refractivity contribution in [3.05, 3.63) is 0 Å². The van der Waals surface area contributed by atoms with Crippen LogP contribution in [0.15, 0.2) is 0 Å². The average molecular weight is 383 g/mol. The largest absolute Gasteiger partial charge is 0.323 e. The minimum Gasteiger partial charge on any atom is -0.323 e. The molecule has 0 radical (unpaired) electrons. The van der Waals surface area contributed by atoms with Crippen LogP contribution in [0.2, 0.25) is 0 Å². The van der Waals surface area contributed by atoms with Crippen LogP contribution in [0, 0.1) is 11.3 Å². The second kappa shape index (κ2) is 8.43. The maximum absolute atomic E-state index is 13.3. The standard InChI is InChI=1S/C14H23FN4O3S.ClH/c1-10(2)23(21,22)18-4-3-12(9-18)17-7-14(20)19-8-11(15)5-13(19)6-16;/h10-13,17H,3-5,7-9H2,1-2H3;1H/t11-,12+,13-;/m0./s1. The number of alkyl halides is 1. The van der Waals surface area contributed by atoms with Gasteiger partial charge in [-0.25, -0.2) is 17.1 Å². The number of carbonyl (C=O) groups is 1. The van der Waals surface area contributed by atoms with Crippen LogP contribution < -0.4 is 5.32 Å². The molecule has 1 N–H and O–H groups in total. The van der Waals surface area contributed by atoms with E-state index in [0.717, 1.165) is 0 Å². The van der Waals surface area contributed by atoms with E-state index in [2.05, 4.69) is 5.32 Å². The summed E-state index contributed by atoms with van der Waals surface area (Å²) in [6, 6.07) is 1.13. The smallest absolute Gasteiger partial charge is 0.237 e. The highest BCUT2D eigenvalue weighted by molar-refractivity contribution is 7.89. The van der Waals surface area contributed by atoms with Gasteiger partial charge in [-0.15, -0.1) is 12.4 Å².